The monoisotopic (exact) mass is 293 g/mol. The van der Waals surface area contributed by atoms with Crippen LogP contribution in [0.25, 0.3) is 0 Å². The largest absolute Gasteiger partial charge is 0.416 e. The Morgan fingerprint density at radius 3 is 2.37 bits per heavy atom. The number of nitrogens with zero attached hydrogens (tertiary/aromatic N) is 1. The Labute approximate surface area is 112 Å². The van der Waals surface area contributed by atoms with Crippen molar-refractivity contribution in [2.24, 2.45) is 0 Å². The van der Waals surface area contributed by atoms with Gasteiger partial charge < -0.3 is 9.64 Å². The first-order chi connectivity index (χ1) is 8.88. The maximum absolute atomic E-state index is 12.8. The Morgan fingerprint density at radius 1 is 1.21 bits per heavy atom. The van der Waals surface area contributed by atoms with Crippen LogP contribution in [-0.2, 0) is 10.9 Å². The Hall–Kier alpha value is -1.27. The number of anilines is 1. The van der Waals surface area contributed by atoms with E-state index in [1.807, 2.05) is 0 Å². The predicted molar refractivity (Wildman–Crippen MR) is 64.7 cm³/mol. The molecule has 0 aromatic heterocycles. The van der Waals surface area contributed by atoms with Crippen molar-refractivity contribution < 1.29 is 22.7 Å². The second-order valence-electron chi connectivity index (χ2n) is 4.14. The molecule has 1 heterocycles. The summed E-state index contributed by atoms with van der Waals surface area (Å²) in [5.41, 5.74) is -0.694. The maximum atomic E-state index is 12.8. The molecule has 0 saturated carbocycles. The zero-order valence-corrected chi connectivity index (χ0v) is 10.6. The molecule has 7 heteroatoms. The minimum Gasteiger partial charge on any atom is -0.378 e. The predicted octanol–water partition coefficient (Wildman–Crippen LogP) is 2.92. The van der Waals surface area contributed by atoms with E-state index in [2.05, 4.69) is 0 Å². The third kappa shape index (κ3) is 3.39. The van der Waals surface area contributed by atoms with Crippen LogP contribution in [0, 0.1) is 0 Å². The molecular weight excluding hydrogens is 283 g/mol. The molecule has 3 nitrogen and oxygen atoms in total. The van der Waals surface area contributed by atoms with Gasteiger partial charge in [-0.3, -0.25) is 4.79 Å². The average molecular weight is 294 g/mol. The number of rotatable bonds is 2. The van der Waals surface area contributed by atoms with Gasteiger partial charge in [0, 0.05) is 24.3 Å². The molecule has 0 amide bonds. The SMILES string of the molecule is O=C(Cl)c1cc(N2CCOCC2)cc(C(F)(F)F)c1. The Kier molecular flexibility index (Phi) is 4.01. The summed E-state index contributed by atoms with van der Waals surface area (Å²) in [6, 6.07) is 3.16. The van der Waals surface area contributed by atoms with Gasteiger partial charge in [-0.2, -0.15) is 13.2 Å². The van der Waals surface area contributed by atoms with E-state index < -0.39 is 17.0 Å². The lowest BCUT2D eigenvalue weighted by Crippen LogP contribution is -2.36. The minimum atomic E-state index is -4.51. The van der Waals surface area contributed by atoms with E-state index in [0.29, 0.717) is 32.0 Å². The third-order valence-electron chi connectivity index (χ3n) is 2.85. The summed E-state index contributed by atoms with van der Waals surface area (Å²) in [6.07, 6.45) is -4.51. The molecule has 0 aliphatic carbocycles. The van der Waals surface area contributed by atoms with E-state index in [9.17, 15) is 18.0 Å². The molecule has 104 valence electrons. The van der Waals surface area contributed by atoms with Crippen LogP contribution in [-0.4, -0.2) is 31.5 Å². The van der Waals surface area contributed by atoms with Crippen LogP contribution in [0.3, 0.4) is 0 Å². The van der Waals surface area contributed by atoms with Gasteiger partial charge in [0.05, 0.1) is 18.8 Å². The molecule has 1 aliphatic rings. The standard InChI is InChI=1S/C12H11ClF3NO2/c13-11(18)8-5-9(12(14,15)16)7-10(6-8)17-1-3-19-4-2-17/h5-7H,1-4H2. The van der Waals surface area contributed by atoms with E-state index in [1.165, 1.54) is 6.07 Å². The van der Waals surface area contributed by atoms with Gasteiger partial charge >= 0.3 is 6.18 Å². The van der Waals surface area contributed by atoms with Crippen molar-refractivity contribution in [3.63, 3.8) is 0 Å². The fraction of sp³-hybridized carbons (Fsp3) is 0.417. The normalized spacial score (nSPS) is 16.5. The number of carbonyl (C=O) groups excluding carboxylic acids is 1. The van der Waals surface area contributed by atoms with E-state index >= 15 is 0 Å². The number of morpholine rings is 1. The van der Waals surface area contributed by atoms with Crippen molar-refractivity contribution >= 4 is 22.5 Å². The zero-order valence-electron chi connectivity index (χ0n) is 9.84. The van der Waals surface area contributed by atoms with Crippen molar-refractivity contribution in [1.29, 1.82) is 0 Å². The second kappa shape index (κ2) is 5.38. The quantitative estimate of drug-likeness (QED) is 0.785. The Balaban J connectivity index is 2.41. The molecule has 1 aromatic carbocycles. The molecule has 0 N–H and O–H groups in total. The summed E-state index contributed by atoms with van der Waals surface area (Å²) in [5.74, 6) is 0. The topological polar surface area (TPSA) is 29.5 Å². The molecule has 1 aliphatic heterocycles. The number of carbonyl (C=O) groups is 1. The van der Waals surface area contributed by atoms with E-state index in [-0.39, 0.29) is 5.56 Å². The molecule has 2 rings (SSSR count). The smallest absolute Gasteiger partial charge is 0.378 e. The first kappa shape index (κ1) is 14.1. The molecule has 1 saturated heterocycles. The van der Waals surface area contributed by atoms with Gasteiger partial charge in [-0.05, 0) is 29.8 Å². The van der Waals surface area contributed by atoms with Crippen molar-refractivity contribution in [3.8, 4) is 0 Å². The van der Waals surface area contributed by atoms with Crippen LogP contribution in [0.4, 0.5) is 18.9 Å². The molecular formula is C12H11ClF3NO2. The number of hydrogen-bond donors (Lipinski definition) is 0. The molecule has 0 unspecified atom stereocenters. The lowest BCUT2D eigenvalue weighted by atomic mass is 10.1. The second-order valence-corrected chi connectivity index (χ2v) is 4.48. The lowest BCUT2D eigenvalue weighted by Gasteiger charge is -2.29. The van der Waals surface area contributed by atoms with E-state index in [4.69, 9.17) is 16.3 Å². The first-order valence-electron chi connectivity index (χ1n) is 5.63. The summed E-state index contributed by atoms with van der Waals surface area (Å²) in [7, 11) is 0. The van der Waals surface area contributed by atoms with Crippen LogP contribution in [0.5, 0.6) is 0 Å². The highest BCUT2D eigenvalue weighted by Crippen LogP contribution is 2.33. The summed E-state index contributed by atoms with van der Waals surface area (Å²) < 4.78 is 43.5. The van der Waals surface area contributed by atoms with Gasteiger partial charge in [-0.15, -0.1) is 0 Å². The molecule has 0 atom stereocenters. The van der Waals surface area contributed by atoms with Gasteiger partial charge in [0.15, 0.2) is 0 Å². The molecule has 1 fully saturated rings. The van der Waals surface area contributed by atoms with Crippen molar-refractivity contribution in [3.05, 3.63) is 29.3 Å². The van der Waals surface area contributed by atoms with Crippen LogP contribution < -0.4 is 4.90 Å². The van der Waals surface area contributed by atoms with Gasteiger partial charge in [0.1, 0.15) is 0 Å². The summed E-state index contributed by atoms with van der Waals surface area (Å²) >= 11 is 5.29. The van der Waals surface area contributed by atoms with Gasteiger partial charge in [-0.1, -0.05) is 0 Å². The first-order valence-corrected chi connectivity index (χ1v) is 6.00. The number of hydrogen-bond acceptors (Lipinski definition) is 3. The summed E-state index contributed by atoms with van der Waals surface area (Å²) in [5, 5.41) is -0.902. The summed E-state index contributed by atoms with van der Waals surface area (Å²) in [6.45, 7) is 1.86. The molecule has 1 aromatic rings. The number of alkyl halides is 3. The minimum absolute atomic E-state index is 0.155. The summed E-state index contributed by atoms with van der Waals surface area (Å²) in [4.78, 5) is 12.9. The van der Waals surface area contributed by atoms with E-state index in [0.717, 1.165) is 12.1 Å². The Bertz CT molecular complexity index is 484. The maximum Gasteiger partial charge on any atom is 0.416 e. The highest BCUT2D eigenvalue weighted by Gasteiger charge is 2.32. The number of benzene rings is 1. The third-order valence-corrected chi connectivity index (χ3v) is 3.07. The molecule has 0 bridgehead atoms. The van der Waals surface area contributed by atoms with Gasteiger partial charge in [0.2, 0.25) is 0 Å². The molecule has 19 heavy (non-hydrogen) atoms. The molecule has 0 radical (unpaired) electrons. The van der Waals surface area contributed by atoms with Crippen LogP contribution in [0.15, 0.2) is 18.2 Å². The highest BCUT2D eigenvalue weighted by molar-refractivity contribution is 6.67. The Morgan fingerprint density at radius 2 is 1.84 bits per heavy atom. The van der Waals surface area contributed by atoms with Crippen LogP contribution in [0.1, 0.15) is 15.9 Å². The van der Waals surface area contributed by atoms with Crippen molar-refractivity contribution in [2.45, 2.75) is 6.18 Å². The van der Waals surface area contributed by atoms with Crippen LogP contribution >= 0.6 is 11.6 Å². The number of ether oxygens (including phenoxy) is 1. The van der Waals surface area contributed by atoms with E-state index in [1.54, 1.807) is 4.90 Å². The highest BCUT2D eigenvalue weighted by atomic mass is 35.5. The van der Waals surface area contributed by atoms with Crippen LogP contribution in [0.2, 0.25) is 0 Å². The molecule has 0 spiro atoms. The average Bonchev–Trinajstić information content (AvgIpc) is 2.38. The fourth-order valence-corrected chi connectivity index (χ4v) is 2.00. The van der Waals surface area contributed by atoms with Crippen molar-refractivity contribution in [2.75, 3.05) is 31.2 Å². The lowest BCUT2D eigenvalue weighted by molar-refractivity contribution is -0.137. The van der Waals surface area contributed by atoms with Crippen molar-refractivity contribution in [1.82, 2.24) is 0 Å². The number of halogens is 4. The fourth-order valence-electron chi connectivity index (χ4n) is 1.89. The van der Waals surface area contributed by atoms with Gasteiger partial charge in [0.25, 0.3) is 5.24 Å². The zero-order chi connectivity index (χ0) is 14.0. The van der Waals surface area contributed by atoms with Gasteiger partial charge in [-0.25, -0.2) is 0 Å².